The molecule has 5 aromatic carbocycles. The molecule has 192 valence electrons. The van der Waals surface area contributed by atoms with E-state index in [-0.39, 0.29) is 0 Å². The standard InChI is InChI=1S/C40H32/c1-24(2)22-26(28-19-21-38-32-13-7-5-11-30(32)36-17-9-15-34(28)40(36)38)23-25(3)27-18-20-37-31-12-6-4-10-29(31)35-16-8-14-33(27)39(35)37/h4-19,21-23,25,37H,20H2,1-3H3/b26-23+. The second-order valence-corrected chi connectivity index (χ2v) is 11.9. The molecule has 0 aromatic heterocycles. The molecular formula is C40H32. The third-order valence-electron chi connectivity index (χ3n) is 9.19. The highest BCUT2D eigenvalue weighted by atomic mass is 14.4. The van der Waals surface area contributed by atoms with Gasteiger partial charge in [-0.05, 0) is 97.8 Å². The van der Waals surface area contributed by atoms with Gasteiger partial charge in [-0.2, -0.15) is 0 Å². The molecule has 0 radical (unpaired) electrons. The predicted octanol–water partition coefficient (Wildman–Crippen LogP) is 11.1. The summed E-state index contributed by atoms with van der Waals surface area (Å²) in [6, 6.07) is 36.3. The Hall–Kier alpha value is -4.42. The fraction of sp³-hybridized carbons (Fsp3) is 0.150. The first kappa shape index (κ1) is 23.5. The largest absolute Gasteiger partial charge is 0.0792 e. The van der Waals surface area contributed by atoms with Crippen LogP contribution in [0.5, 0.6) is 0 Å². The van der Waals surface area contributed by atoms with Crippen LogP contribution in [0, 0.1) is 5.92 Å². The maximum Gasteiger partial charge on any atom is 0.0142 e. The van der Waals surface area contributed by atoms with Gasteiger partial charge in [-0.25, -0.2) is 0 Å². The van der Waals surface area contributed by atoms with Crippen molar-refractivity contribution in [2.75, 3.05) is 0 Å². The number of hydrogen-bond donors (Lipinski definition) is 0. The lowest BCUT2D eigenvalue weighted by atomic mass is 9.78. The lowest BCUT2D eigenvalue weighted by Gasteiger charge is -2.26. The van der Waals surface area contributed by atoms with E-state index in [2.05, 4.69) is 136 Å². The van der Waals surface area contributed by atoms with E-state index in [1.807, 2.05) is 0 Å². The summed E-state index contributed by atoms with van der Waals surface area (Å²) >= 11 is 0. The summed E-state index contributed by atoms with van der Waals surface area (Å²) in [7, 11) is 0. The summed E-state index contributed by atoms with van der Waals surface area (Å²) in [6.45, 7) is 6.79. The number of benzene rings is 5. The molecule has 0 heterocycles. The first-order valence-electron chi connectivity index (χ1n) is 14.6. The van der Waals surface area contributed by atoms with Gasteiger partial charge in [0.25, 0.3) is 0 Å². The van der Waals surface area contributed by atoms with Crippen LogP contribution in [-0.2, 0) is 0 Å². The van der Waals surface area contributed by atoms with E-state index >= 15 is 0 Å². The quantitative estimate of drug-likeness (QED) is 0.206. The van der Waals surface area contributed by atoms with Gasteiger partial charge in [-0.15, -0.1) is 0 Å². The van der Waals surface area contributed by atoms with Gasteiger partial charge < -0.3 is 0 Å². The molecule has 2 unspecified atom stereocenters. The van der Waals surface area contributed by atoms with Crippen molar-refractivity contribution >= 4 is 21.9 Å². The van der Waals surface area contributed by atoms with Crippen molar-refractivity contribution in [3.63, 3.8) is 0 Å². The molecule has 0 saturated heterocycles. The highest BCUT2D eigenvalue weighted by Gasteiger charge is 2.34. The topological polar surface area (TPSA) is 0 Å². The van der Waals surface area contributed by atoms with Crippen molar-refractivity contribution in [2.45, 2.75) is 33.1 Å². The summed E-state index contributed by atoms with van der Waals surface area (Å²) in [4.78, 5) is 0. The molecule has 0 N–H and O–H groups in total. The van der Waals surface area contributed by atoms with Crippen LogP contribution in [0.4, 0.5) is 0 Å². The van der Waals surface area contributed by atoms with Crippen molar-refractivity contribution in [2.24, 2.45) is 5.92 Å². The third kappa shape index (κ3) is 3.32. The summed E-state index contributed by atoms with van der Waals surface area (Å²) < 4.78 is 0. The molecular weight excluding hydrogens is 480 g/mol. The first-order valence-corrected chi connectivity index (χ1v) is 14.6. The van der Waals surface area contributed by atoms with E-state index < -0.39 is 0 Å². The highest BCUT2D eigenvalue weighted by Crippen LogP contribution is 2.53. The zero-order valence-corrected chi connectivity index (χ0v) is 23.3. The van der Waals surface area contributed by atoms with Gasteiger partial charge in [-0.1, -0.05) is 128 Å². The predicted molar refractivity (Wildman–Crippen MR) is 171 cm³/mol. The Morgan fingerprint density at radius 1 is 0.675 bits per heavy atom. The van der Waals surface area contributed by atoms with Crippen molar-refractivity contribution in [1.82, 2.24) is 0 Å². The van der Waals surface area contributed by atoms with E-state index in [0.29, 0.717) is 11.8 Å². The Bertz CT molecular complexity index is 1930. The molecule has 0 saturated carbocycles. The van der Waals surface area contributed by atoms with E-state index in [9.17, 15) is 0 Å². The van der Waals surface area contributed by atoms with Gasteiger partial charge in [0.1, 0.15) is 0 Å². The minimum atomic E-state index is 0.294. The number of fused-ring (bicyclic) bond motifs is 6. The molecule has 0 fully saturated rings. The Morgan fingerprint density at radius 3 is 2.12 bits per heavy atom. The Balaban J connectivity index is 1.26. The van der Waals surface area contributed by atoms with Crippen LogP contribution in [0.25, 0.3) is 55.3 Å². The molecule has 3 aliphatic carbocycles. The van der Waals surface area contributed by atoms with Crippen LogP contribution >= 0.6 is 0 Å². The van der Waals surface area contributed by atoms with Gasteiger partial charge >= 0.3 is 0 Å². The molecule has 0 nitrogen and oxygen atoms in total. The normalized spacial score (nSPS) is 16.7. The Morgan fingerprint density at radius 2 is 1.32 bits per heavy atom. The molecule has 3 aliphatic rings. The monoisotopic (exact) mass is 512 g/mol. The SMILES string of the molecule is CC(C)=C/C(=C\C(C)C1=CCC2c3ccccc3-c3cccc1c32)c1ccc2c3c(cccc13)-c1ccccc1-2. The fourth-order valence-electron chi connectivity index (χ4n) is 7.61. The van der Waals surface area contributed by atoms with Gasteiger partial charge in [0.15, 0.2) is 0 Å². The van der Waals surface area contributed by atoms with Gasteiger partial charge in [0.05, 0.1) is 0 Å². The lowest BCUT2D eigenvalue weighted by molar-refractivity contribution is 0.817. The van der Waals surface area contributed by atoms with Crippen LogP contribution in [0.3, 0.4) is 0 Å². The molecule has 0 heteroatoms. The summed E-state index contributed by atoms with van der Waals surface area (Å²) in [5.41, 5.74) is 18.1. The van der Waals surface area contributed by atoms with Gasteiger partial charge in [0.2, 0.25) is 0 Å². The maximum absolute atomic E-state index is 2.52. The summed E-state index contributed by atoms with van der Waals surface area (Å²) in [6.07, 6.45) is 8.48. The Kier molecular flexibility index (Phi) is 5.16. The van der Waals surface area contributed by atoms with Crippen LogP contribution in [0.1, 0.15) is 55.4 Å². The van der Waals surface area contributed by atoms with Crippen LogP contribution in [0.15, 0.2) is 121 Å². The smallest absolute Gasteiger partial charge is 0.0142 e. The van der Waals surface area contributed by atoms with Crippen molar-refractivity contribution in [3.05, 3.63) is 143 Å². The number of rotatable bonds is 4. The summed E-state index contributed by atoms with van der Waals surface area (Å²) in [5, 5.41) is 2.73. The van der Waals surface area contributed by atoms with Gasteiger partial charge in [0, 0.05) is 11.8 Å². The van der Waals surface area contributed by atoms with E-state index in [1.54, 1.807) is 0 Å². The minimum absolute atomic E-state index is 0.294. The minimum Gasteiger partial charge on any atom is -0.0792 e. The molecule has 2 atom stereocenters. The molecule has 0 aliphatic heterocycles. The van der Waals surface area contributed by atoms with Crippen molar-refractivity contribution in [1.29, 1.82) is 0 Å². The van der Waals surface area contributed by atoms with E-state index in [4.69, 9.17) is 0 Å². The molecule has 0 spiro atoms. The average molecular weight is 513 g/mol. The first-order chi connectivity index (χ1) is 19.6. The molecule has 0 bridgehead atoms. The van der Waals surface area contributed by atoms with Crippen LogP contribution in [0.2, 0.25) is 0 Å². The van der Waals surface area contributed by atoms with Crippen LogP contribution in [-0.4, -0.2) is 0 Å². The maximum atomic E-state index is 2.52. The average Bonchev–Trinajstić information content (AvgIpc) is 3.48. The number of allylic oxidation sites excluding steroid dienone is 6. The van der Waals surface area contributed by atoms with Crippen LogP contribution < -0.4 is 0 Å². The Labute approximate surface area is 237 Å². The second-order valence-electron chi connectivity index (χ2n) is 11.9. The number of hydrogen-bond acceptors (Lipinski definition) is 0. The summed E-state index contributed by atoms with van der Waals surface area (Å²) in [5.74, 6) is 0.778. The molecule has 40 heavy (non-hydrogen) atoms. The molecule has 8 rings (SSSR count). The third-order valence-corrected chi connectivity index (χ3v) is 9.19. The lowest BCUT2D eigenvalue weighted by Crippen LogP contribution is -2.09. The molecule has 0 amide bonds. The van der Waals surface area contributed by atoms with Crippen molar-refractivity contribution < 1.29 is 0 Å². The van der Waals surface area contributed by atoms with Crippen molar-refractivity contribution in [3.8, 4) is 33.4 Å². The van der Waals surface area contributed by atoms with E-state index in [1.165, 1.54) is 83.1 Å². The second kappa shape index (κ2) is 8.80. The van der Waals surface area contributed by atoms with Gasteiger partial charge in [-0.3, -0.25) is 0 Å². The zero-order chi connectivity index (χ0) is 27.0. The van der Waals surface area contributed by atoms with E-state index in [0.717, 1.165) is 6.42 Å². The molecule has 5 aromatic rings. The zero-order valence-electron chi connectivity index (χ0n) is 23.3. The fourth-order valence-corrected chi connectivity index (χ4v) is 7.61. The highest BCUT2D eigenvalue weighted by molar-refractivity contribution is 6.17.